The lowest BCUT2D eigenvalue weighted by molar-refractivity contribution is -0.122. The van der Waals surface area contributed by atoms with Crippen molar-refractivity contribution in [3.05, 3.63) is 35.4 Å². The van der Waals surface area contributed by atoms with Crippen LogP contribution in [0.4, 0.5) is 0 Å². The van der Waals surface area contributed by atoms with Crippen molar-refractivity contribution in [3.8, 4) is 0 Å². The number of aryl methyl sites for hydroxylation is 1. The van der Waals surface area contributed by atoms with Gasteiger partial charge in [0, 0.05) is 24.6 Å². The first kappa shape index (κ1) is 16.1. The molecule has 3 aliphatic rings. The molecule has 1 aromatic carbocycles. The number of rotatable bonds is 6. The van der Waals surface area contributed by atoms with E-state index >= 15 is 0 Å². The fraction of sp³-hybridized carbons (Fsp3) is 0.632. The molecule has 24 heavy (non-hydrogen) atoms. The fourth-order valence-electron chi connectivity index (χ4n) is 4.75. The topological polar surface area (TPSA) is 63.2 Å². The number of nitrogens with one attached hydrogen (secondary N) is 1. The van der Waals surface area contributed by atoms with Crippen molar-refractivity contribution in [2.24, 2.45) is 11.3 Å². The lowest BCUT2D eigenvalue weighted by atomic mass is 9.95. The van der Waals surface area contributed by atoms with Crippen molar-refractivity contribution in [1.29, 1.82) is 0 Å². The van der Waals surface area contributed by atoms with E-state index < -0.39 is 9.84 Å². The number of fused-ring (bicyclic) bond motifs is 2. The number of amides is 1. The summed E-state index contributed by atoms with van der Waals surface area (Å²) >= 11 is 0. The maximum atomic E-state index is 12.3. The Morgan fingerprint density at radius 3 is 2.71 bits per heavy atom. The van der Waals surface area contributed by atoms with E-state index in [-0.39, 0.29) is 17.1 Å². The van der Waals surface area contributed by atoms with Crippen LogP contribution in [0.1, 0.15) is 43.2 Å². The summed E-state index contributed by atoms with van der Waals surface area (Å²) in [5.74, 6) is 0.702. The Balaban J connectivity index is 1.31. The normalized spacial score (nSPS) is 29.3. The third kappa shape index (κ3) is 2.99. The van der Waals surface area contributed by atoms with Crippen molar-refractivity contribution < 1.29 is 13.2 Å². The molecule has 1 spiro atoms. The van der Waals surface area contributed by atoms with Gasteiger partial charge in [-0.05, 0) is 54.6 Å². The highest BCUT2D eigenvalue weighted by atomic mass is 32.2. The summed E-state index contributed by atoms with van der Waals surface area (Å²) in [7, 11) is -3.02. The van der Waals surface area contributed by atoms with E-state index in [9.17, 15) is 13.2 Å². The van der Waals surface area contributed by atoms with E-state index in [1.165, 1.54) is 30.2 Å². The molecule has 130 valence electrons. The lowest BCUT2D eigenvalue weighted by Gasteiger charge is -2.15. The molecule has 2 saturated carbocycles. The molecule has 0 aliphatic heterocycles. The van der Waals surface area contributed by atoms with Gasteiger partial charge in [0.25, 0.3) is 0 Å². The molecule has 2 fully saturated rings. The molecule has 2 atom stereocenters. The molecule has 5 heteroatoms. The minimum atomic E-state index is -3.02. The smallest absolute Gasteiger partial charge is 0.220 e. The van der Waals surface area contributed by atoms with Crippen LogP contribution in [-0.2, 0) is 26.5 Å². The Hall–Kier alpha value is -1.36. The van der Waals surface area contributed by atoms with Crippen LogP contribution in [-0.4, -0.2) is 32.9 Å². The molecule has 0 unspecified atom stereocenters. The van der Waals surface area contributed by atoms with E-state index in [1.807, 2.05) is 0 Å². The quantitative estimate of drug-likeness (QED) is 0.858. The van der Waals surface area contributed by atoms with E-state index in [0.717, 1.165) is 25.8 Å². The third-order valence-corrected chi connectivity index (χ3v) is 7.37. The summed E-state index contributed by atoms with van der Waals surface area (Å²) in [5.41, 5.74) is 2.98. The molecule has 4 rings (SSSR count). The highest BCUT2D eigenvalue weighted by Crippen LogP contribution is 2.61. The molecule has 0 bridgehead atoms. The predicted octanol–water partition coefficient (Wildman–Crippen LogP) is 2.22. The van der Waals surface area contributed by atoms with Crippen LogP contribution in [0, 0.1) is 11.3 Å². The Labute approximate surface area is 143 Å². The maximum Gasteiger partial charge on any atom is 0.220 e. The van der Waals surface area contributed by atoms with Gasteiger partial charge in [-0.3, -0.25) is 4.79 Å². The Bertz CT molecular complexity index is 782. The van der Waals surface area contributed by atoms with Gasteiger partial charge in [-0.1, -0.05) is 24.3 Å². The monoisotopic (exact) mass is 347 g/mol. The van der Waals surface area contributed by atoms with E-state index in [0.29, 0.717) is 17.8 Å². The minimum Gasteiger partial charge on any atom is -0.356 e. The van der Waals surface area contributed by atoms with Crippen LogP contribution in [0.5, 0.6) is 0 Å². The first-order valence-corrected chi connectivity index (χ1v) is 10.9. The van der Waals surface area contributed by atoms with Crippen LogP contribution in [0.3, 0.4) is 0 Å². The summed E-state index contributed by atoms with van der Waals surface area (Å²) in [5, 5.41) is 3.07. The number of sulfone groups is 1. The van der Waals surface area contributed by atoms with Crippen LogP contribution in [0.2, 0.25) is 0 Å². The first-order valence-electron chi connectivity index (χ1n) is 8.85. The van der Waals surface area contributed by atoms with Gasteiger partial charge in [0.1, 0.15) is 9.84 Å². The van der Waals surface area contributed by atoms with Crippen LogP contribution in [0.15, 0.2) is 24.3 Å². The van der Waals surface area contributed by atoms with E-state index in [1.54, 1.807) is 0 Å². The van der Waals surface area contributed by atoms with Crippen molar-refractivity contribution >= 4 is 15.7 Å². The van der Waals surface area contributed by atoms with Gasteiger partial charge in [-0.25, -0.2) is 8.42 Å². The number of hydrogen-bond acceptors (Lipinski definition) is 3. The second-order valence-corrected chi connectivity index (χ2v) is 10.4. The Morgan fingerprint density at radius 2 is 2.00 bits per heavy atom. The van der Waals surface area contributed by atoms with Crippen molar-refractivity contribution in [2.75, 3.05) is 18.6 Å². The molecular weight excluding hydrogens is 322 g/mol. The SMILES string of the molecule is CS(=O)(=O)CC1(CC(=O)NC[C@@H]2C[C@@]23CCc2ccccc23)CC1. The first-order chi connectivity index (χ1) is 11.3. The average molecular weight is 347 g/mol. The van der Waals surface area contributed by atoms with E-state index in [4.69, 9.17) is 0 Å². The van der Waals surface area contributed by atoms with Gasteiger partial charge in [0.2, 0.25) is 5.91 Å². The molecule has 3 aliphatic carbocycles. The number of carbonyl (C=O) groups excluding carboxylic acids is 1. The zero-order valence-corrected chi connectivity index (χ0v) is 15.0. The molecule has 4 nitrogen and oxygen atoms in total. The average Bonchev–Trinajstić information content (AvgIpc) is 3.36. The fourth-order valence-corrected chi connectivity index (χ4v) is 6.25. The highest BCUT2D eigenvalue weighted by molar-refractivity contribution is 7.90. The van der Waals surface area contributed by atoms with Crippen molar-refractivity contribution in [1.82, 2.24) is 5.32 Å². The summed E-state index contributed by atoms with van der Waals surface area (Å²) in [6, 6.07) is 8.69. The van der Waals surface area contributed by atoms with Crippen LogP contribution >= 0.6 is 0 Å². The van der Waals surface area contributed by atoms with Gasteiger partial charge in [0.15, 0.2) is 0 Å². The van der Waals surface area contributed by atoms with Gasteiger partial charge >= 0.3 is 0 Å². The lowest BCUT2D eigenvalue weighted by Crippen LogP contribution is -2.31. The zero-order chi connectivity index (χ0) is 17.0. The largest absolute Gasteiger partial charge is 0.356 e. The standard InChI is InChI=1S/C19H25NO3S/c1-24(22,23)13-18(8-9-18)11-17(21)20-12-15-10-19(15)7-6-14-4-2-3-5-16(14)19/h2-5,15H,6-13H2,1H3,(H,20,21)/t15-,19-/m0/s1. The van der Waals surface area contributed by atoms with Crippen LogP contribution in [0.25, 0.3) is 0 Å². The molecule has 0 heterocycles. The zero-order valence-electron chi connectivity index (χ0n) is 14.2. The molecule has 1 N–H and O–H groups in total. The molecule has 0 radical (unpaired) electrons. The molecular formula is C19H25NO3S. The number of carbonyl (C=O) groups is 1. The third-order valence-electron chi connectivity index (χ3n) is 6.23. The Kier molecular flexibility index (Phi) is 3.57. The highest BCUT2D eigenvalue weighted by Gasteiger charge is 2.57. The van der Waals surface area contributed by atoms with Gasteiger partial charge < -0.3 is 5.32 Å². The predicted molar refractivity (Wildman–Crippen MR) is 93.6 cm³/mol. The molecule has 0 saturated heterocycles. The second-order valence-electron chi connectivity index (χ2n) is 8.27. The minimum absolute atomic E-state index is 0.0180. The maximum absolute atomic E-state index is 12.3. The summed E-state index contributed by atoms with van der Waals surface area (Å²) in [6.45, 7) is 0.724. The van der Waals surface area contributed by atoms with Crippen molar-refractivity contribution in [2.45, 2.75) is 43.9 Å². The Morgan fingerprint density at radius 1 is 1.25 bits per heavy atom. The molecule has 0 aromatic heterocycles. The van der Waals surface area contributed by atoms with Crippen molar-refractivity contribution in [3.63, 3.8) is 0 Å². The van der Waals surface area contributed by atoms with E-state index in [2.05, 4.69) is 29.6 Å². The summed E-state index contributed by atoms with van der Waals surface area (Å²) in [6.07, 6.45) is 6.84. The van der Waals surface area contributed by atoms with Crippen LogP contribution < -0.4 is 5.32 Å². The second kappa shape index (κ2) is 5.32. The van der Waals surface area contributed by atoms with Gasteiger partial charge in [0.05, 0.1) is 5.75 Å². The molecule has 1 aromatic rings. The number of benzene rings is 1. The van der Waals surface area contributed by atoms with Gasteiger partial charge in [-0.2, -0.15) is 0 Å². The number of hydrogen-bond donors (Lipinski definition) is 1. The van der Waals surface area contributed by atoms with Gasteiger partial charge in [-0.15, -0.1) is 0 Å². The summed E-state index contributed by atoms with van der Waals surface area (Å²) < 4.78 is 23.0. The summed E-state index contributed by atoms with van der Waals surface area (Å²) in [4.78, 5) is 12.3. The molecule has 1 amide bonds.